The molecule has 0 radical (unpaired) electrons. The van der Waals surface area contributed by atoms with Crippen LogP contribution in [0.2, 0.25) is 0 Å². The van der Waals surface area contributed by atoms with Crippen molar-refractivity contribution in [2.75, 3.05) is 20.7 Å². The van der Waals surface area contributed by atoms with E-state index in [4.69, 9.17) is 0 Å². The van der Waals surface area contributed by atoms with Crippen LogP contribution in [-0.4, -0.2) is 54.2 Å². The van der Waals surface area contributed by atoms with Crippen molar-refractivity contribution in [1.82, 2.24) is 10.2 Å². The Morgan fingerprint density at radius 3 is 2.16 bits per heavy atom. The summed E-state index contributed by atoms with van der Waals surface area (Å²) in [4.78, 5) is 35.4. The summed E-state index contributed by atoms with van der Waals surface area (Å²) >= 11 is 0. The molecule has 0 atom stereocenters. The third-order valence-corrected chi connectivity index (χ3v) is 3.19. The van der Waals surface area contributed by atoms with E-state index in [0.717, 1.165) is 0 Å². The van der Waals surface area contributed by atoms with Gasteiger partial charge < -0.3 is 20.1 Å². The highest BCUT2D eigenvalue weighted by Crippen LogP contribution is 2.15. The molecule has 7 nitrogen and oxygen atoms in total. The Labute approximate surface area is 112 Å². The molecule has 0 aromatic rings. The van der Waals surface area contributed by atoms with Gasteiger partial charge in [0.2, 0.25) is 0 Å². The van der Waals surface area contributed by atoms with Crippen LogP contribution in [0.4, 0.5) is 4.79 Å². The molecule has 19 heavy (non-hydrogen) atoms. The number of hydrogen-bond acceptors (Lipinski definition) is 4. The molecule has 0 fully saturated rings. The van der Waals surface area contributed by atoms with Gasteiger partial charge >= 0.3 is 18.0 Å². The van der Waals surface area contributed by atoms with Crippen molar-refractivity contribution in [3.05, 3.63) is 0 Å². The van der Waals surface area contributed by atoms with Gasteiger partial charge in [-0.25, -0.2) is 9.59 Å². The maximum absolute atomic E-state index is 11.9. The van der Waals surface area contributed by atoms with Crippen molar-refractivity contribution < 1.29 is 24.2 Å². The number of amides is 2. The molecule has 2 N–H and O–H groups in total. The Balaban J connectivity index is 4.56. The van der Waals surface area contributed by atoms with Crippen molar-refractivity contribution in [3.63, 3.8) is 0 Å². The van der Waals surface area contributed by atoms with Gasteiger partial charge in [-0.3, -0.25) is 4.79 Å². The monoisotopic (exact) mass is 274 g/mol. The number of rotatable bonds is 7. The summed E-state index contributed by atoms with van der Waals surface area (Å²) in [6.45, 7) is 3.57. The molecule has 0 aliphatic heterocycles. The predicted octanol–water partition coefficient (Wildman–Crippen LogP) is 0.834. The lowest BCUT2D eigenvalue weighted by Crippen LogP contribution is -2.56. The molecule has 0 rings (SSSR count). The molecule has 0 bridgehead atoms. The fourth-order valence-electron chi connectivity index (χ4n) is 1.55. The van der Waals surface area contributed by atoms with E-state index in [0.29, 0.717) is 0 Å². The Morgan fingerprint density at radius 2 is 1.79 bits per heavy atom. The number of aliphatic carboxylic acids is 1. The Morgan fingerprint density at radius 1 is 1.26 bits per heavy atom. The van der Waals surface area contributed by atoms with E-state index in [2.05, 4.69) is 10.1 Å². The zero-order valence-electron chi connectivity index (χ0n) is 11.9. The van der Waals surface area contributed by atoms with Crippen LogP contribution in [-0.2, 0) is 14.3 Å². The van der Waals surface area contributed by atoms with Gasteiger partial charge in [0.25, 0.3) is 0 Å². The highest BCUT2D eigenvalue weighted by molar-refractivity contribution is 5.86. The summed E-state index contributed by atoms with van der Waals surface area (Å²) in [5.41, 5.74) is -1.27. The normalized spacial score (nSPS) is 10.7. The number of urea groups is 1. The van der Waals surface area contributed by atoms with E-state index in [-0.39, 0.29) is 25.8 Å². The van der Waals surface area contributed by atoms with E-state index in [1.165, 1.54) is 19.1 Å². The second-order valence-electron chi connectivity index (χ2n) is 4.27. The molecule has 0 aromatic heterocycles. The number of carbonyl (C=O) groups is 3. The lowest BCUT2D eigenvalue weighted by atomic mass is 9.93. The molecule has 0 spiro atoms. The Bertz CT molecular complexity index is 339. The zero-order valence-corrected chi connectivity index (χ0v) is 11.9. The standard InChI is InChI=1S/C12H22N2O5/c1-5-12(6-2,10(16)17)13-11(18)14(3)8-7-9(15)19-4/h5-8H2,1-4H3,(H,13,18)(H,16,17). The second kappa shape index (κ2) is 7.60. The second-order valence-corrected chi connectivity index (χ2v) is 4.27. The minimum Gasteiger partial charge on any atom is -0.480 e. The van der Waals surface area contributed by atoms with Crippen molar-refractivity contribution in [2.24, 2.45) is 0 Å². The summed E-state index contributed by atoms with van der Waals surface area (Å²) in [5.74, 6) is -1.48. The molecule has 0 heterocycles. The predicted molar refractivity (Wildman–Crippen MR) is 68.7 cm³/mol. The Hall–Kier alpha value is -1.79. The zero-order chi connectivity index (χ0) is 15.1. The molecule has 2 amide bonds. The number of carboxylic acids is 1. The van der Waals surface area contributed by atoms with E-state index in [1.807, 2.05) is 0 Å². The van der Waals surface area contributed by atoms with E-state index in [9.17, 15) is 19.5 Å². The summed E-state index contributed by atoms with van der Waals surface area (Å²) in [5, 5.41) is 11.7. The third kappa shape index (κ3) is 4.76. The number of esters is 1. The first-order valence-corrected chi connectivity index (χ1v) is 6.16. The lowest BCUT2D eigenvalue weighted by molar-refractivity contribution is -0.145. The highest BCUT2D eigenvalue weighted by atomic mass is 16.5. The maximum atomic E-state index is 11.9. The lowest BCUT2D eigenvalue weighted by Gasteiger charge is -2.30. The quantitative estimate of drug-likeness (QED) is 0.670. The first-order chi connectivity index (χ1) is 8.82. The minimum atomic E-state index is -1.27. The smallest absolute Gasteiger partial charge is 0.329 e. The van der Waals surface area contributed by atoms with Crippen LogP contribution in [0.5, 0.6) is 0 Å². The summed E-state index contributed by atoms with van der Waals surface area (Å²) in [7, 11) is 2.77. The molecule has 0 aliphatic carbocycles. The first-order valence-electron chi connectivity index (χ1n) is 6.16. The molecular formula is C12H22N2O5. The number of methoxy groups -OCH3 is 1. The fraction of sp³-hybridized carbons (Fsp3) is 0.750. The number of ether oxygens (including phenoxy) is 1. The van der Waals surface area contributed by atoms with Gasteiger partial charge in [0.15, 0.2) is 0 Å². The maximum Gasteiger partial charge on any atom is 0.329 e. The van der Waals surface area contributed by atoms with Crippen molar-refractivity contribution in [2.45, 2.75) is 38.6 Å². The number of nitrogens with one attached hydrogen (secondary N) is 1. The summed E-state index contributed by atoms with van der Waals surface area (Å²) in [6.07, 6.45) is 0.642. The molecule has 7 heteroatoms. The molecule has 0 aliphatic rings. The fourth-order valence-corrected chi connectivity index (χ4v) is 1.55. The van der Waals surface area contributed by atoms with Crippen LogP contribution in [0.15, 0.2) is 0 Å². The van der Waals surface area contributed by atoms with E-state index < -0.39 is 23.5 Å². The molecule has 0 unspecified atom stereocenters. The molecular weight excluding hydrogens is 252 g/mol. The van der Waals surface area contributed by atoms with Gasteiger partial charge in [0.1, 0.15) is 5.54 Å². The Kier molecular flexibility index (Phi) is 6.89. The van der Waals surface area contributed by atoms with E-state index >= 15 is 0 Å². The molecule has 0 aromatic carbocycles. The SMILES string of the molecule is CCC(CC)(NC(=O)N(C)CCC(=O)OC)C(=O)O. The number of carboxylic acid groups (broad SMARTS) is 1. The van der Waals surface area contributed by atoms with Gasteiger partial charge in [-0.1, -0.05) is 13.8 Å². The van der Waals surface area contributed by atoms with Gasteiger partial charge in [-0.05, 0) is 12.8 Å². The van der Waals surface area contributed by atoms with Gasteiger partial charge in [-0.2, -0.15) is 0 Å². The molecule has 0 saturated carbocycles. The molecule has 110 valence electrons. The first kappa shape index (κ1) is 17.2. The van der Waals surface area contributed by atoms with Crippen molar-refractivity contribution in [1.29, 1.82) is 0 Å². The topological polar surface area (TPSA) is 95.9 Å². The largest absolute Gasteiger partial charge is 0.480 e. The third-order valence-electron chi connectivity index (χ3n) is 3.19. The number of hydrogen-bond donors (Lipinski definition) is 2. The number of carbonyl (C=O) groups excluding carboxylic acids is 2. The van der Waals surface area contributed by atoms with Crippen LogP contribution in [0.1, 0.15) is 33.1 Å². The number of nitrogens with zero attached hydrogens (tertiary/aromatic N) is 1. The summed E-state index contributed by atoms with van der Waals surface area (Å²) < 4.78 is 4.47. The van der Waals surface area contributed by atoms with Crippen LogP contribution in [0, 0.1) is 0 Å². The van der Waals surface area contributed by atoms with Crippen LogP contribution < -0.4 is 5.32 Å². The average molecular weight is 274 g/mol. The van der Waals surface area contributed by atoms with Gasteiger partial charge in [0, 0.05) is 13.6 Å². The molecule has 0 saturated heterocycles. The minimum absolute atomic E-state index is 0.0682. The van der Waals surface area contributed by atoms with Gasteiger partial charge in [-0.15, -0.1) is 0 Å². The van der Waals surface area contributed by atoms with E-state index in [1.54, 1.807) is 13.8 Å². The summed E-state index contributed by atoms with van der Waals surface area (Å²) in [6, 6.07) is -0.519. The average Bonchev–Trinajstić information content (AvgIpc) is 2.40. The van der Waals surface area contributed by atoms with Crippen molar-refractivity contribution >= 4 is 18.0 Å². The van der Waals surface area contributed by atoms with Crippen LogP contribution in [0.25, 0.3) is 0 Å². The van der Waals surface area contributed by atoms with Gasteiger partial charge in [0.05, 0.1) is 13.5 Å². The van der Waals surface area contributed by atoms with Crippen LogP contribution in [0.3, 0.4) is 0 Å². The van der Waals surface area contributed by atoms with Crippen molar-refractivity contribution in [3.8, 4) is 0 Å². The van der Waals surface area contributed by atoms with Crippen LogP contribution >= 0.6 is 0 Å². The highest BCUT2D eigenvalue weighted by Gasteiger charge is 2.37.